The first-order valence-corrected chi connectivity index (χ1v) is 8.88. The van der Waals surface area contributed by atoms with Crippen molar-refractivity contribution in [3.63, 3.8) is 0 Å². The molecule has 3 saturated carbocycles. The van der Waals surface area contributed by atoms with Crippen LogP contribution in [-0.2, 0) is 21.6 Å². The van der Waals surface area contributed by atoms with Crippen LogP contribution in [-0.4, -0.2) is 34.6 Å². The summed E-state index contributed by atoms with van der Waals surface area (Å²) in [6.07, 6.45) is -3.19. The molecular formula is C17H14ClF4N3O4. The number of rotatable bonds is 7. The van der Waals surface area contributed by atoms with E-state index in [-0.39, 0.29) is 35.1 Å². The van der Waals surface area contributed by atoms with Crippen LogP contribution in [0.2, 0.25) is 5.02 Å². The summed E-state index contributed by atoms with van der Waals surface area (Å²) >= 11 is 5.58. The Bertz CT molecular complexity index is 929. The lowest BCUT2D eigenvalue weighted by molar-refractivity contribution is -0.332. The van der Waals surface area contributed by atoms with Gasteiger partial charge in [-0.3, -0.25) is 9.53 Å². The standard InChI is InChI=1S/C17H14ClF4N3O4/c18-10-2-1-9(3-11(10)19)27-4-12(26)23-16-6-15(7-16,8-16)14-25-24-13(29-14)5-28-17(20,21)22/h1-3H,4-8H2,(H,23,26). The summed E-state index contributed by atoms with van der Waals surface area (Å²) in [5, 5.41) is 10.2. The fourth-order valence-electron chi connectivity index (χ4n) is 3.86. The van der Waals surface area contributed by atoms with Crippen molar-refractivity contribution in [3.05, 3.63) is 40.8 Å². The number of nitrogens with one attached hydrogen (secondary N) is 1. The maximum Gasteiger partial charge on any atom is 0.523 e. The van der Waals surface area contributed by atoms with E-state index >= 15 is 0 Å². The third-order valence-corrected chi connectivity index (χ3v) is 5.28. The van der Waals surface area contributed by atoms with E-state index < -0.39 is 29.7 Å². The van der Waals surface area contributed by atoms with Crippen molar-refractivity contribution in [1.29, 1.82) is 0 Å². The first kappa shape index (κ1) is 19.9. The van der Waals surface area contributed by atoms with Gasteiger partial charge in [0.15, 0.2) is 6.61 Å². The molecule has 1 amide bonds. The number of hydrogen-bond donors (Lipinski definition) is 1. The minimum Gasteiger partial charge on any atom is -0.484 e. The summed E-state index contributed by atoms with van der Waals surface area (Å²) in [4.78, 5) is 12.1. The maximum absolute atomic E-state index is 13.4. The Labute approximate surface area is 166 Å². The van der Waals surface area contributed by atoms with E-state index in [0.717, 1.165) is 6.07 Å². The number of benzene rings is 1. The van der Waals surface area contributed by atoms with Gasteiger partial charge in [0, 0.05) is 11.6 Å². The largest absolute Gasteiger partial charge is 0.523 e. The molecule has 0 saturated heterocycles. The van der Waals surface area contributed by atoms with E-state index in [9.17, 15) is 22.4 Å². The van der Waals surface area contributed by atoms with Gasteiger partial charge in [-0.15, -0.1) is 23.4 Å². The van der Waals surface area contributed by atoms with Gasteiger partial charge in [0.2, 0.25) is 11.8 Å². The highest BCUT2D eigenvalue weighted by atomic mass is 35.5. The number of hydrogen-bond acceptors (Lipinski definition) is 6. The fourth-order valence-corrected chi connectivity index (χ4v) is 3.98. The predicted molar refractivity (Wildman–Crippen MR) is 88.4 cm³/mol. The van der Waals surface area contributed by atoms with Gasteiger partial charge in [0.1, 0.15) is 18.2 Å². The summed E-state index contributed by atoms with van der Waals surface area (Å²) in [5.41, 5.74) is -0.861. The van der Waals surface area contributed by atoms with Crippen LogP contribution in [0.1, 0.15) is 31.0 Å². The summed E-state index contributed by atoms with van der Waals surface area (Å²) < 4.78 is 63.7. The number of nitrogens with zero attached hydrogens (tertiary/aromatic N) is 2. The lowest BCUT2D eigenvalue weighted by Crippen LogP contribution is -2.77. The van der Waals surface area contributed by atoms with Crippen LogP contribution < -0.4 is 10.1 Å². The minimum absolute atomic E-state index is 0.0462. The van der Waals surface area contributed by atoms with Gasteiger partial charge in [0.05, 0.1) is 10.4 Å². The molecule has 3 aliphatic rings. The smallest absolute Gasteiger partial charge is 0.484 e. The molecule has 0 aliphatic heterocycles. The number of halogens is 5. The molecule has 0 spiro atoms. The van der Waals surface area contributed by atoms with Crippen LogP contribution in [0.3, 0.4) is 0 Å². The van der Waals surface area contributed by atoms with Crippen LogP contribution in [0, 0.1) is 5.82 Å². The Balaban J connectivity index is 1.25. The van der Waals surface area contributed by atoms with Crippen molar-refractivity contribution in [2.45, 2.75) is 43.2 Å². The normalized spacial score (nSPS) is 25.1. The molecule has 1 N–H and O–H groups in total. The second kappa shape index (κ2) is 6.84. The molecule has 7 nitrogen and oxygen atoms in total. The molecule has 3 fully saturated rings. The summed E-state index contributed by atoms with van der Waals surface area (Å²) in [5.74, 6) is -0.870. The second-order valence-corrected chi connectivity index (χ2v) is 7.65. The van der Waals surface area contributed by atoms with Crippen molar-refractivity contribution in [3.8, 4) is 5.75 Å². The van der Waals surface area contributed by atoms with E-state index in [4.69, 9.17) is 20.8 Å². The molecule has 1 aromatic carbocycles. The number of carbonyl (C=O) groups excluding carboxylic acids is 1. The predicted octanol–water partition coefficient (Wildman–Crippen LogP) is 3.27. The molecule has 2 bridgehead atoms. The quantitative estimate of drug-likeness (QED) is 0.672. The number of carbonyl (C=O) groups is 1. The van der Waals surface area contributed by atoms with Crippen molar-refractivity contribution >= 4 is 17.5 Å². The van der Waals surface area contributed by atoms with Gasteiger partial charge in [-0.2, -0.15) is 0 Å². The van der Waals surface area contributed by atoms with Crippen molar-refractivity contribution in [2.24, 2.45) is 0 Å². The summed E-state index contributed by atoms with van der Waals surface area (Å²) in [6, 6.07) is 3.86. The van der Waals surface area contributed by atoms with Gasteiger partial charge in [-0.05, 0) is 31.4 Å². The highest BCUT2D eigenvalue weighted by Crippen LogP contribution is 2.67. The molecule has 2 aromatic rings. The van der Waals surface area contributed by atoms with E-state index in [1.807, 2.05) is 0 Å². The highest BCUT2D eigenvalue weighted by molar-refractivity contribution is 6.30. The van der Waals surface area contributed by atoms with Gasteiger partial charge in [-0.1, -0.05) is 11.6 Å². The first-order valence-electron chi connectivity index (χ1n) is 8.51. The minimum atomic E-state index is -4.78. The lowest BCUT2D eigenvalue weighted by atomic mass is 9.39. The Hall–Kier alpha value is -2.40. The molecule has 12 heteroatoms. The molecule has 0 unspecified atom stereocenters. The SMILES string of the molecule is O=C(COc1ccc(Cl)c(F)c1)NC12CC(c3nnc(COC(F)(F)F)o3)(C1)C2. The lowest BCUT2D eigenvalue weighted by Gasteiger charge is -2.68. The zero-order valence-electron chi connectivity index (χ0n) is 14.7. The third kappa shape index (κ3) is 4.01. The number of ether oxygens (including phenoxy) is 2. The van der Waals surface area contributed by atoms with E-state index in [0.29, 0.717) is 19.3 Å². The zero-order chi connectivity index (χ0) is 20.9. The number of aromatic nitrogens is 2. The Morgan fingerprint density at radius 3 is 2.66 bits per heavy atom. The van der Waals surface area contributed by atoms with E-state index in [1.165, 1.54) is 12.1 Å². The number of alkyl halides is 3. The van der Waals surface area contributed by atoms with E-state index in [1.54, 1.807) is 0 Å². The van der Waals surface area contributed by atoms with Crippen molar-refractivity contribution < 1.29 is 36.2 Å². The van der Waals surface area contributed by atoms with Crippen LogP contribution >= 0.6 is 11.6 Å². The van der Waals surface area contributed by atoms with Crippen molar-refractivity contribution in [2.75, 3.05) is 6.61 Å². The molecule has 0 radical (unpaired) electrons. The molecule has 29 heavy (non-hydrogen) atoms. The average molecular weight is 436 g/mol. The Kier molecular flexibility index (Phi) is 4.69. The van der Waals surface area contributed by atoms with Gasteiger partial charge >= 0.3 is 6.36 Å². The maximum atomic E-state index is 13.4. The Morgan fingerprint density at radius 2 is 2.00 bits per heavy atom. The monoisotopic (exact) mass is 435 g/mol. The molecule has 3 aliphatic carbocycles. The third-order valence-electron chi connectivity index (χ3n) is 4.98. The van der Waals surface area contributed by atoms with Crippen LogP contribution in [0.5, 0.6) is 5.75 Å². The topological polar surface area (TPSA) is 86.5 Å². The average Bonchev–Trinajstić information content (AvgIpc) is 3.04. The second-order valence-electron chi connectivity index (χ2n) is 7.24. The van der Waals surface area contributed by atoms with Gasteiger partial charge in [-0.25, -0.2) is 4.39 Å². The van der Waals surface area contributed by atoms with Crippen LogP contribution in [0.15, 0.2) is 22.6 Å². The first-order chi connectivity index (χ1) is 13.6. The molecule has 0 atom stereocenters. The molecular weight excluding hydrogens is 422 g/mol. The summed E-state index contributed by atoms with van der Waals surface area (Å²) in [6.45, 7) is -1.15. The van der Waals surface area contributed by atoms with E-state index in [2.05, 4.69) is 20.3 Å². The Morgan fingerprint density at radius 1 is 1.28 bits per heavy atom. The highest BCUT2D eigenvalue weighted by Gasteiger charge is 2.71. The van der Waals surface area contributed by atoms with Gasteiger partial charge in [0.25, 0.3) is 5.91 Å². The van der Waals surface area contributed by atoms with Crippen LogP contribution in [0.25, 0.3) is 0 Å². The fraction of sp³-hybridized carbons (Fsp3) is 0.471. The van der Waals surface area contributed by atoms with Crippen molar-refractivity contribution in [1.82, 2.24) is 15.5 Å². The van der Waals surface area contributed by atoms with Crippen LogP contribution in [0.4, 0.5) is 17.6 Å². The number of amides is 1. The molecule has 1 heterocycles. The molecule has 5 rings (SSSR count). The zero-order valence-corrected chi connectivity index (χ0v) is 15.4. The summed E-state index contributed by atoms with van der Waals surface area (Å²) in [7, 11) is 0. The molecule has 156 valence electrons. The van der Waals surface area contributed by atoms with Gasteiger partial charge < -0.3 is 14.5 Å². The molecule has 1 aromatic heterocycles.